The van der Waals surface area contributed by atoms with Gasteiger partial charge in [0.1, 0.15) is 5.01 Å². The molecule has 26 heavy (non-hydrogen) atoms. The molecule has 0 atom stereocenters. The fourth-order valence-electron chi connectivity index (χ4n) is 2.68. The van der Waals surface area contributed by atoms with Crippen LogP contribution in [0.15, 0.2) is 65.0 Å². The number of fused-ring (bicyclic) bond motifs is 1. The summed E-state index contributed by atoms with van der Waals surface area (Å²) in [6, 6.07) is 14.2. The van der Waals surface area contributed by atoms with Gasteiger partial charge in [-0.2, -0.15) is 0 Å². The van der Waals surface area contributed by atoms with Crippen molar-refractivity contribution < 1.29 is 4.79 Å². The zero-order chi connectivity index (χ0) is 18.1. The lowest BCUT2D eigenvalue weighted by molar-refractivity contribution is 0.100. The predicted molar refractivity (Wildman–Crippen MR) is 101 cm³/mol. The Labute approximate surface area is 152 Å². The zero-order valence-electron chi connectivity index (χ0n) is 13.6. The van der Waals surface area contributed by atoms with E-state index in [-0.39, 0.29) is 5.56 Å². The van der Waals surface area contributed by atoms with E-state index in [1.807, 2.05) is 35.7 Å². The molecule has 0 radical (unpaired) electrons. The molecule has 0 aliphatic heterocycles. The molecule has 0 bridgehead atoms. The number of para-hydroxylation sites is 1. The summed E-state index contributed by atoms with van der Waals surface area (Å²) in [7, 11) is 0. The van der Waals surface area contributed by atoms with Crippen LogP contribution in [0.3, 0.4) is 0 Å². The Morgan fingerprint density at radius 2 is 1.88 bits per heavy atom. The summed E-state index contributed by atoms with van der Waals surface area (Å²) in [5, 5.41) is 3.32. The van der Waals surface area contributed by atoms with Gasteiger partial charge in [-0.15, -0.1) is 11.3 Å². The molecule has 4 aromatic rings. The van der Waals surface area contributed by atoms with E-state index in [0.717, 1.165) is 16.3 Å². The molecule has 1 amide bonds. The topological polar surface area (TPSA) is 90.9 Å². The molecule has 128 valence electrons. The highest BCUT2D eigenvalue weighted by molar-refractivity contribution is 7.13. The van der Waals surface area contributed by atoms with Crippen LogP contribution < -0.4 is 11.3 Å². The van der Waals surface area contributed by atoms with E-state index in [9.17, 15) is 9.59 Å². The number of hydrogen-bond acceptors (Lipinski definition) is 5. The standard InChI is InChI=1S/C19H14N4O2S/c20-17(24)12-5-7-13(8-6-12)18-22-14(10-26-18)9-23-11-21-16-4-2-1-3-15(16)19(23)25/h1-8,10-11H,9H2,(H2,20,24). The van der Waals surface area contributed by atoms with Crippen LogP contribution in [0.5, 0.6) is 0 Å². The van der Waals surface area contributed by atoms with Gasteiger partial charge in [0.2, 0.25) is 5.91 Å². The normalized spacial score (nSPS) is 10.9. The second-order valence-corrected chi connectivity index (χ2v) is 6.64. The first-order chi connectivity index (χ1) is 12.6. The highest BCUT2D eigenvalue weighted by Gasteiger charge is 2.09. The van der Waals surface area contributed by atoms with Crippen LogP contribution in [0.2, 0.25) is 0 Å². The number of aromatic nitrogens is 3. The molecule has 0 aliphatic rings. The smallest absolute Gasteiger partial charge is 0.261 e. The molecule has 6 nitrogen and oxygen atoms in total. The number of nitrogens with zero attached hydrogens (tertiary/aromatic N) is 3. The Kier molecular flexibility index (Phi) is 4.06. The van der Waals surface area contributed by atoms with Crippen molar-refractivity contribution in [3.05, 3.63) is 81.8 Å². The molecule has 2 aromatic carbocycles. The van der Waals surface area contributed by atoms with Crippen molar-refractivity contribution in [3.8, 4) is 10.6 Å². The average molecular weight is 362 g/mol. The lowest BCUT2D eigenvalue weighted by atomic mass is 10.1. The maximum Gasteiger partial charge on any atom is 0.261 e. The summed E-state index contributed by atoms with van der Waals surface area (Å²) in [6.07, 6.45) is 1.55. The second-order valence-electron chi connectivity index (χ2n) is 5.78. The fraction of sp³-hybridized carbons (Fsp3) is 0.0526. The number of amides is 1. The molecular formula is C19H14N4O2S. The molecule has 0 fully saturated rings. The summed E-state index contributed by atoms with van der Waals surface area (Å²) >= 11 is 1.48. The fourth-order valence-corrected chi connectivity index (χ4v) is 3.50. The van der Waals surface area contributed by atoms with Crippen molar-refractivity contribution in [2.45, 2.75) is 6.54 Å². The SMILES string of the molecule is NC(=O)c1ccc(-c2nc(Cn3cnc4ccccc4c3=O)cs2)cc1. The largest absolute Gasteiger partial charge is 0.366 e. The number of carbonyl (C=O) groups excluding carboxylic acids is 1. The van der Waals surface area contributed by atoms with Crippen molar-refractivity contribution >= 4 is 28.1 Å². The average Bonchev–Trinajstić information content (AvgIpc) is 3.13. The first-order valence-electron chi connectivity index (χ1n) is 7.90. The van der Waals surface area contributed by atoms with Gasteiger partial charge < -0.3 is 5.73 Å². The molecule has 7 heteroatoms. The zero-order valence-corrected chi connectivity index (χ0v) is 14.4. The highest BCUT2D eigenvalue weighted by Crippen LogP contribution is 2.24. The lowest BCUT2D eigenvalue weighted by Gasteiger charge is -2.04. The minimum atomic E-state index is -0.459. The number of benzene rings is 2. The van der Waals surface area contributed by atoms with Crippen LogP contribution in [0, 0.1) is 0 Å². The first-order valence-corrected chi connectivity index (χ1v) is 8.78. The Morgan fingerprint density at radius 1 is 1.12 bits per heavy atom. The summed E-state index contributed by atoms with van der Waals surface area (Å²) in [4.78, 5) is 32.6. The van der Waals surface area contributed by atoms with E-state index in [1.165, 1.54) is 11.3 Å². The number of hydrogen-bond donors (Lipinski definition) is 1. The third-order valence-electron chi connectivity index (χ3n) is 4.03. The summed E-state index contributed by atoms with van der Waals surface area (Å²) < 4.78 is 1.55. The minimum absolute atomic E-state index is 0.0871. The van der Waals surface area contributed by atoms with Crippen LogP contribution in [0.4, 0.5) is 0 Å². The number of primary amides is 1. The van der Waals surface area contributed by atoms with Crippen molar-refractivity contribution in [1.29, 1.82) is 0 Å². The van der Waals surface area contributed by atoms with E-state index < -0.39 is 5.91 Å². The van der Waals surface area contributed by atoms with Gasteiger partial charge in [0.05, 0.1) is 29.5 Å². The van der Waals surface area contributed by atoms with E-state index in [4.69, 9.17) is 5.73 Å². The van der Waals surface area contributed by atoms with Gasteiger partial charge in [0, 0.05) is 16.5 Å². The predicted octanol–water partition coefficient (Wildman–Crippen LogP) is 2.67. The molecule has 0 aliphatic carbocycles. The Bertz CT molecular complexity index is 1160. The van der Waals surface area contributed by atoms with Crippen LogP contribution in [0.1, 0.15) is 16.1 Å². The van der Waals surface area contributed by atoms with Crippen LogP contribution >= 0.6 is 11.3 Å². The molecule has 0 saturated carbocycles. The maximum atomic E-state index is 12.6. The quantitative estimate of drug-likeness (QED) is 0.604. The van der Waals surface area contributed by atoms with Crippen molar-refractivity contribution in [1.82, 2.24) is 14.5 Å². The van der Waals surface area contributed by atoms with Gasteiger partial charge in [-0.1, -0.05) is 24.3 Å². The monoisotopic (exact) mass is 362 g/mol. The third-order valence-corrected chi connectivity index (χ3v) is 4.97. The number of thiazole rings is 1. The highest BCUT2D eigenvalue weighted by atomic mass is 32.1. The summed E-state index contributed by atoms with van der Waals surface area (Å²) in [5.41, 5.74) is 7.99. The molecule has 2 heterocycles. The Balaban J connectivity index is 1.62. The summed E-state index contributed by atoms with van der Waals surface area (Å²) in [6.45, 7) is 0.354. The third kappa shape index (κ3) is 3.00. The van der Waals surface area contributed by atoms with Gasteiger partial charge >= 0.3 is 0 Å². The maximum absolute atomic E-state index is 12.6. The van der Waals surface area contributed by atoms with Gasteiger partial charge in [0.25, 0.3) is 5.56 Å². The van der Waals surface area contributed by atoms with Crippen molar-refractivity contribution in [3.63, 3.8) is 0 Å². The Morgan fingerprint density at radius 3 is 2.65 bits per heavy atom. The van der Waals surface area contributed by atoms with Gasteiger partial charge in [0.15, 0.2) is 0 Å². The molecule has 0 saturated heterocycles. The van der Waals surface area contributed by atoms with E-state index >= 15 is 0 Å². The summed E-state index contributed by atoms with van der Waals surface area (Å²) in [5.74, 6) is -0.459. The van der Waals surface area contributed by atoms with Gasteiger partial charge in [-0.25, -0.2) is 9.97 Å². The van der Waals surface area contributed by atoms with E-state index in [0.29, 0.717) is 23.0 Å². The van der Waals surface area contributed by atoms with Gasteiger partial charge in [-0.3, -0.25) is 14.2 Å². The molecule has 4 rings (SSSR count). The number of carbonyl (C=O) groups is 1. The molecule has 0 spiro atoms. The molecule has 0 unspecified atom stereocenters. The Hall–Kier alpha value is -3.32. The minimum Gasteiger partial charge on any atom is -0.366 e. The molecule has 2 aromatic heterocycles. The number of nitrogens with two attached hydrogens (primary N) is 1. The van der Waals surface area contributed by atoms with Crippen LogP contribution in [-0.4, -0.2) is 20.4 Å². The van der Waals surface area contributed by atoms with E-state index in [2.05, 4.69) is 9.97 Å². The first kappa shape index (κ1) is 16.2. The molecule has 2 N–H and O–H groups in total. The van der Waals surface area contributed by atoms with E-state index in [1.54, 1.807) is 29.1 Å². The number of rotatable bonds is 4. The van der Waals surface area contributed by atoms with Crippen LogP contribution in [-0.2, 0) is 6.54 Å². The second kappa shape index (κ2) is 6.53. The van der Waals surface area contributed by atoms with Crippen LogP contribution in [0.25, 0.3) is 21.5 Å². The van der Waals surface area contributed by atoms with Gasteiger partial charge in [-0.05, 0) is 24.3 Å². The van der Waals surface area contributed by atoms with Crippen molar-refractivity contribution in [2.24, 2.45) is 5.73 Å². The lowest BCUT2D eigenvalue weighted by Crippen LogP contribution is -2.21. The van der Waals surface area contributed by atoms with Crippen molar-refractivity contribution in [2.75, 3.05) is 0 Å². The molecular weight excluding hydrogens is 348 g/mol.